The van der Waals surface area contributed by atoms with Gasteiger partial charge in [0.25, 0.3) is 0 Å². The number of aromatic nitrogens is 15. The Morgan fingerprint density at radius 2 is 0.836 bits per heavy atom. The van der Waals surface area contributed by atoms with Crippen LogP contribution in [0.4, 0.5) is 69.6 Å². The average Bonchev–Trinajstić information content (AvgIpc) is 1.64. The predicted octanol–water partition coefficient (Wildman–Crippen LogP) is 7.90. The van der Waals surface area contributed by atoms with Crippen LogP contribution in [0.5, 0.6) is 0 Å². The van der Waals surface area contributed by atoms with Crippen molar-refractivity contribution < 1.29 is 0 Å². The summed E-state index contributed by atoms with van der Waals surface area (Å²) < 4.78 is 8.41. The Morgan fingerprint density at radius 1 is 0.473 bits per heavy atom. The van der Waals surface area contributed by atoms with Crippen molar-refractivity contribution in [3.05, 3.63) is 149 Å². The number of nitrogen functional groups attached to an aromatic ring is 5. The van der Waals surface area contributed by atoms with Gasteiger partial charge in [0.15, 0.2) is 28.2 Å². The molecular formula is C73H96N32S5. The molecule has 0 bridgehead atoms. The lowest BCUT2D eigenvalue weighted by Crippen LogP contribution is -2.27. The van der Waals surface area contributed by atoms with Crippen molar-refractivity contribution in [2.24, 2.45) is 28.7 Å². The van der Waals surface area contributed by atoms with Gasteiger partial charge in [-0.05, 0) is 92.5 Å². The van der Waals surface area contributed by atoms with Gasteiger partial charge in [0.2, 0.25) is 0 Å². The van der Waals surface area contributed by atoms with Gasteiger partial charge in [0, 0.05) is 146 Å². The highest BCUT2D eigenvalue weighted by Gasteiger charge is 2.29. The van der Waals surface area contributed by atoms with Crippen LogP contribution < -0.4 is 92.1 Å². The Labute approximate surface area is 658 Å². The minimum atomic E-state index is 0.188. The van der Waals surface area contributed by atoms with E-state index in [9.17, 15) is 0 Å². The van der Waals surface area contributed by atoms with Crippen molar-refractivity contribution >= 4 is 156 Å². The molecule has 0 radical (unpaired) electrons. The Kier molecular flexibility index (Phi) is 24.0. The number of fused-ring (bicyclic) bond motifs is 5. The zero-order valence-corrected chi connectivity index (χ0v) is 65.9. The lowest BCUT2D eigenvalue weighted by molar-refractivity contribution is 0.751. The summed E-state index contributed by atoms with van der Waals surface area (Å²) in [5, 5.41) is 29.0. The maximum absolute atomic E-state index is 6.33. The highest BCUT2D eigenvalue weighted by molar-refractivity contribution is 7.99. The Bertz CT molecular complexity index is 5220. The van der Waals surface area contributed by atoms with Gasteiger partial charge in [0.05, 0.1) is 58.8 Å². The minimum absolute atomic E-state index is 0.188. The van der Waals surface area contributed by atoms with Gasteiger partial charge in [0.1, 0.15) is 69.6 Å². The number of nitrogens with zero attached hydrogens (tertiary/aromatic N) is 21. The van der Waals surface area contributed by atoms with Crippen molar-refractivity contribution in [2.75, 3.05) is 141 Å². The normalized spacial score (nSPS) is 18.3. The van der Waals surface area contributed by atoms with E-state index in [1.807, 2.05) is 80.3 Å². The van der Waals surface area contributed by atoms with Crippen LogP contribution in [0.15, 0.2) is 159 Å². The Morgan fingerprint density at radius 3 is 1.23 bits per heavy atom. The van der Waals surface area contributed by atoms with E-state index in [2.05, 4.69) is 131 Å². The first-order valence-electron chi connectivity index (χ1n) is 36.7. The zero-order valence-electron chi connectivity index (χ0n) is 61.9. The van der Waals surface area contributed by atoms with Gasteiger partial charge >= 0.3 is 0 Å². The van der Waals surface area contributed by atoms with E-state index in [0.29, 0.717) is 34.7 Å². The monoisotopic (exact) mass is 1580 g/mol. The van der Waals surface area contributed by atoms with Crippen LogP contribution in [0.25, 0.3) is 28.2 Å². The third-order valence-corrected chi connectivity index (χ3v) is 23.9. The third kappa shape index (κ3) is 17.7. The molecule has 32 nitrogen and oxygen atoms in total. The zero-order chi connectivity index (χ0) is 76.7. The lowest BCUT2D eigenvalue weighted by atomic mass is 10.3. The number of hydrogen-bond acceptors (Lipinski definition) is 32. The van der Waals surface area contributed by atoms with Crippen LogP contribution in [-0.2, 0) is 13.1 Å². The van der Waals surface area contributed by atoms with Gasteiger partial charge in [-0.3, -0.25) is 0 Å². The second kappa shape index (κ2) is 34.4. The number of anilines is 12. The Balaban J connectivity index is 0.000000116. The number of thiophene rings is 2. The summed E-state index contributed by atoms with van der Waals surface area (Å²) >= 11 is 8.55. The highest BCUT2D eigenvalue weighted by Crippen LogP contribution is 2.36. The first-order chi connectivity index (χ1) is 53.3. The summed E-state index contributed by atoms with van der Waals surface area (Å²) in [6.45, 7) is 18.2. The molecule has 0 spiro atoms. The molecule has 37 heteroatoms. The molecule has 5 atom stereocenters. The predicted molar refractivity (Wildman–Crippen MR) is 451 cm³/mol. The van der Waals surface area contributed by atoms with E-state index in [1.165, 1.54) is 9.75 Å². The van der Waals surface area contributed by atoms with Crippen LogP contribution in [0.1, 0.15) is 62.1 Å². The largest absolute Gasteiger partial charge is 0.383 e. The molecule has 5 fully saturated rings. The fraction of sp³-hybridized carbons (Fsp3) is 0.370. The van der Waals surface area contributed by atoms with E-state index < -0.39 is 0 Å². The summed E-state index contributed by atoms with van der Waals surface area (Å²) in [6.07, 6.45) is 17.1. The second-order valence-corrected chi connectivity index (χ2v) is 33.0. The minimum Gasteiger partial charge on any atom is -0.383 e. The molecule has 21 N–H and O–H groups in total. The van der Waals surface area contributed by atoms with E-state index >= 15 is 0 Å². The first-order valence-corrected chi connectivity index (χ1v) is 41.4. The fourth-order valence-corrected chi connectivity index (χ4v) is 17.3. The molecule has 18 rings (SSSR count). The fourth-order valence-electron chi connectivity index (χ4n) is 13.7. The molecule has 12 aromatic heterocycles. The third-order valence-electron chi connectivity index (χ3n) is 19.3. The summed E-state index contributed by atoms with van der Waals surface area (Å²) in [7, 11) is 0. The lowest BCUT2D eigenvalue weighted by Gasteiger charge is -2.23. The molecule has 17 heterocycles. The van der Waals surface area contributed by atoms with Crippen molar-refractivity contribution in [1.29, 1.82) is 0 Å². The molecule has 1 aromatic carbocycles. The smallest absolute Gasteiger partial charge is 0.183 e. The molecule has 5 aliphatic rings. The maximum atomic E-state index is 6.33. The molecule has 13 aromatic rings. The molecule has 0 saturated carbocycles. The van der Waals surface area contributed by atoms with Crippen LogP contribution in [-0.4, -0.2) is 181 Å². The number of allylic oxidation sites excluding steroid dienone is 1. The van der Waals surface area contributed by atoms with E-state index in [-0.39, 0.29) is 30.2 Å². The summed E-state index contributed by atoms with van der Waals surface area (Å²) in [6, 6.07) is 29.1. The van der Waals surface area contributed by atoms with E-state index in [1.54, 1.807) is 92.9 Å². The molecule has 110 heavy (non-hydrogen) atoms. The molecule has 0 aliphatic carbocycles. The molecule has 5 saturated heterocycles. The van der Waals surface area contributed by atoms with Crippen LogP contribution in [0, 0.1) is 0 Å². The van der Waals surface area contributed by atoms with Crippen LogP contribution in [0.3, 0.4) is 0 Å². The second-order valence-electron chi connectivity index (χ2n) is 27.8. The highest BCUT2D eigenvalue weighted by atomic mass is 32.2. The van der Waals surface area contributed by atoms with Crippen molar-refractivity contribution in [1.82, 2.24) is 73.0 Å². The van der Waals surface area contributed by atoms with E-state index in [0.717, 1.165) is 211 Å². The molecular weight excluding hydrogens is 1490 g/mol. The topological polar surface area (TPSA) is 443 Å². The van der Waals surface area contributed by atoms with Gasteiger partial charge in [-0.15, -0.1) is 46.2 Å². The summed E-state index contributed by atoms with van der Waals surface area (Å²) in [4.78, 5) is 43.9. The number of thioether (sulfide) groups is 2. The SMILES string of the molecule is C=C(C)Nc1cnn2c(N)cc(N3CC[C@H](N)C3)nc12.CCCSc1cnn2c(N)cc(N3CC[C@H](N)C3)nc12.CSc1cnn2c(N)cc(N3CC[C@H](N)C3)nc12.Nc1cc(N2CC[C@H](N)C2)nc2c(N(Cc3cccs3)Cc3cccs3)cnn12.Nc1cc(N2CC[C@H](N)C2)nc2c(Sc3ccccc3)cnn12. The standard InChI is InChI=1S/C20H23N7S2.C16H18N6S.C13H19N7.C13H20N6S.C11H16N6S/c21-14-5-6-25(11-14)19-9-18(22)27-20(24-19)17(10-23-27)26(12-15-3-1-7-28-15)13-16-4-2-8-29-16;17-11-6-7-21(10-11)15-8-14(18)22-16(20-15)13(9-19-22)23-12-4-2-1-3-5-12;1-8(2)17-10-6-16-20-11(15)5-12(18-13(10)20)19-4-3-9(14)7-19;1-2-5-20-10-7-16-19-11(15)6-12(17-13(10)19)18-4-3-9(14)8-18;1-18-8-5-14-17-9(13)4-10(15-11(8)17)16-3-2-7(12)6-16/h1-4,7-10,14H,5-6,11-13,21-22H2;1-5,8-9,11H,6-7,10,17-18H2;5-6,9,17H,1,3-4,7,14-15H2,2H3;6-7,9H,2-5,8,14-15H2,1H3;4-5,7H,2-3,6,12-13H2,1H3/t14-;11-;2*9-;7-/m00000/s1. The number of benzene rings is 1. The summed E-state index contributed by atoms with van der Waals surface area (Å²) in [5.41, 5.74) is 67.2. The van der Waals surface area contributed by atoms with Crippen molar-refractivity contribution in [3.8, 4) is 0 Å². The molecule has 578 valence electrons. The van der Waals surface area contributed by atoms with Crippen LogP contribution in [0.2, 0.25) is 0 Å². The average molecular weight is 1580 g/mol. The van der Waals surface area contributed by atoms with Gasteiger partial charge < -0.3 is 92.1 Å². The number of nitrogens with one attached hydrogen (secondary N) is 1. The number of rotatable bonds is 18. The molecule has 5 aliphatic heterocycles. The van der Waals surface area contributed by atoms with Crippen molar-refractivity contribution in [2.45, 2.75) is 115 Å². The van der Waals surface area contributed by atoms with Gasteiger partial charge in [-0.25, -0.2) is 24.9 Å². The Hall–Kier alpha value is -10.1. The molecule has 0 amide bonds. The van der Waals surface area contributed by atoms with Gasteiger partial charge in [-0.1, -0.05) is 55.6 Å². The first kappa shape index (κ1) is 76.7. The number of nitrogens with two attached hydrogens (primary N) is 10. The quantitative estimate of drug-likeness (QED) is 0.0363. The van der Waals surface area contributed by atoms with Crippen molar-refractivity contribution in [3.63, 3.8) is 0 Å². The van der Waals surface area contributed by atoms with Crippen LogP contribution >= 0.6 is 58.0 Å². The number of hydrogen-bond donors (Lipinski definition) is 11. The molecule has 0 unspecified atom stereocenters. The van der Waals surface area contributed by atoms with Gasteiger partial charge in [-0.2, -0.15) is 48.1 Å². The van der Waals surface area contributed by atoms with E-state index in [4.69, 9.17) is 72.3 Å². The maximum Gasteiger partial charge on any atom is 0.183 e. The summed E-state index contributed by atoms with van der Waals surface area (Å²) in [5.74, 6) is 8.40.